The van der Waals surface area contributed by atoms with Crippen LogP contribution in [0.1, 0.15) is 19.3 Å². The second-order valence-electron chi connectivity index (χ2n) is 5.03. The second kappa shape index (κ2) is 4.51. The zero-order chi connectivity index (χ0) is 14.4. The topological polar surface area (TPSA) is 99.0 Å². The zero-order valence-electron chi connectivity index (χ0n) is 10.5. The molecule has 0 N–H and O–H groups in total. The molecular weight excluding hydrogens is 286 g/mol. The first kappa shape index (κ1) is 13.5. The predicted octanol–water partition coefficient (Wildman–Crippen LogP) is 1.62. The third-order valence-corrected chi connectivity index (χ3v) is 5.01. The fraction of sp³-hybridized carbons (Fsp3) is 0.500. The van der Waals surface area contributed by atoms with Crippen molar-refractivity contribution in [1.29, 1.82) is 0 Å². The quantitative estimate of drug-likeness (QED) is 0.354. The van der Waals surface area contributed by atoms with Crippen molar-refractivity contribution in [3.8, 4) is 0 Å². The number of nitro groups is 1. The first-order chi connectivity index (χ1) is 9.43. The molecule has 1 saturated carbocycles. The molecule has 0 amide bonds. The minimum atomic E-state index is -4.00. The molecular formula is C12H13NO6S. The van der Waals surface area contributed by atoms with Gasteiger partial charge in [-0.05, 0) is 25.3 Å². The summed E-state index contributed by atoms with van der Waals surface area (Å²) in [6, 6.07) is 4.82. The lowest BCUT2D eigenvalue weighted by molar-refractivity contribution is -0.385. The van der Waals surface area contributed by atoms with E-state index in [1.54, 1.807) is 0 Å². The van der Waals surface area contributed by atoms with Gasteiger partial charge in [0.25, 0.3) is 15.8 Å². The van der Waals surface area contributed by atoms with Gasteiger partial charge in [0.05, 0.1) is 17.6 Å². The number of hydrogen-bond donors (Lipinski definition) is 0. The molecule has 20 heavy (non-hydrogen) atoms. The normalized spacial score (nSPS) is 28.1. The lowest BCUT2D eigenvalue weighted by Crippen LogP contribution is -2.21. The maximum absolute atomic E-state index is 12.0. The highest BCUT2D eigenvalue weighted by Gasteiger charge is 2.60. The number of hydrogen-bond acceptors (Lipinski definition) is 6. The van der Waals surface area contributed by atoms with Crippen molar-refractivity contribution in [2.24, 2.45) is 0 Å². The van der Waals surface area contributed by atoms with Gasteiger partial charge in [0.2, 0.25) is 0 Å². The van der Waals surface area contributed by atoms with Gasteiger partial charge in [-0.1, -0.05) is 6.07 Å². The van der Waals surface area contributed by atoms with Gasteiger partial charge in [-0.3, -0.25) is 14.3 Å². The van der Waals surface area contributed by atoms with Crippen LogP contribution in [0.15, 0.2) is 29.2 Å². The van der Waals surface area contributed by atoms with E-state index >= 15 is 0 Å². The van der Waals surface area contributed by atoms with Crippen LogP contribution in [0.25, 0.3) is 0 Å². The van der Waals surface area contributed by atoms with Crippen molar-refractivity contribution >= 4 is 15.8 Å². The van der Waals surface area contributed by atoms with E-state index in [2.05, 4.69) is 0 Å². The van der Waals surface area contributed by atoms with Gasteiger partial charge in [0.1, 0.15) is 10.5 Å². The molecule has 0 spiro atoms. The van der Waals surface area contributed by atoms with Crippen LogP contribution >= 0.6 is 0 Å². The van der Waals surface area contributed by atoms with Crippen LogP contribution in [-0.2, 0) is 19.0 Å². The maximum atomic E-state index is 12.0. The first-order valence-corrected chi connectivity index (χ1v) is 7.66. The van der Waals surface area contributed by atoms with E-state index in [1.807, 2.05) is 0 Å². The van der Waals surface area contributed by atoms with Gasteiger partial charge in [-0.15, -0.1) is 0 Å². The summed E-state index contributed by atoms with van der Waals surface area (Å²) in [5, 5.41) is 10.7. The van der Waals surface area contributed by atoms with Crippen LogP contribution in [0.4, 0.5) is 5.69 Å². The molecule has 0 radical (unpaired) electrons. The van der Waals surface area contributed by atoms with Gasteiger partial charge in [0, 0.05) is 12.1 Å². The number of epoxide rings is 1. The molecule has 3 rings (SSSR count). The summed E-state index contributed by atoms with van der Waals surface area (Å²) < 4.78 is 34.5. The van der Waals surface area contributed by atoms with Gasteiger partial charge in [-0.2, -0.15) is 8.42 Å². The Morgan fingerprint density at radius 2 is 2.30 bits per heavy atom. The van der Waals surface area contributed by atoms with Gasteiger partial charge in [-0.25, -0.2) is 0 Å². The third kappa shape index (κ3) is 2.30. The van der Waals surface area contributed by atoms with E-state index in [9.17, 15) is 18.5 Å². The Kier molecular flexibility index (Phi) is 3.03. The van der Waals surface area contributed by atoms with Crippen LogP contribution in [0.5, 0.6) is 0 Å². The molecule has 2 aliphatic rings. The molecule has 108 valence electrons. The summed E-state index contributed by atoms with van der Waals surface area (Å²) in [5.74, 6) is 0. The van der Waals surface area contributed by atoms with Crippen LogP contribution in [-0.4, -0.2) is 31.7 Å². The Morgan fingerprint density at radius 1 is 1.50 bits per heavy atom. The molecule has 8 heteroatoms. The number of fused-ring (bicyclic) bond motifs is 1. The van der Waals surface area contributed by atoms with Crippen LogP contribution in [0, 0.1) is 10.1 Å². The molecule has 2 fully saturated rings. The van der Waals surface area contributed by atoms with Crippen LogP contribution < -0.4 is 0 Å². The van der Waals surface area contributed by atoms with Crippen molar-refractivity contribution in [1.82, 2.24) is 0 Å². The Balaban J connectivity index is 1.75. The van der Waals surface area contributed by atoms with Crippen LogP contribution in [0.2, 0.25) is 0 Å². The molecule has 1 aromatic carbocycles. The molecule has 0 unspecified atom stereocenters. The smallest absolute Gasteiger partial charge is 0.297 e. The molecule has 0 aromatic heterocycles. The van der Waals surface area contributed by atoms with E-state index in [1.165, 1.54) is 18.2 Å². The Morgan fingerprint density at radius 3 is 2.90 bits per heavy atom. The fourth-order valence-corrected chi connectivity index (χ4v) is 3.58. The molecule has 0 bridgehead atoms. The summed E-state index contributed by atoms with van der Waals surface area (Å²) in [4.78, 5) is 9.80. The molecule has 1 heterocycles. The Bertz CT molecular complexity index is 658. The molecule has 2 atom stereocenters. The van der Waals surface area contributed by atoms with Crippen molar-refractivity contribution < 1.29 is 22.3 Å². The van der Waals surface area contributed by atoms with E-state index in [-0.39, 0.29) is 23.3 Å². The maximum Gasteiger partial charge on any atom is 0.297 e. The van der Waals surface area contributed by atoms with Gasteiger partial charge >= 0.3 is 0 Å². The number of benzene rings is 1. The highest BCUT2D eigenvalue weighted by molar-refractivity contribution is 7.86. The minimum Gasteiger partial charge on any atom is -0.363 e. The first-order valence-electron chi connectivity index (χ1n) is 6.25. The second-order valence-corrected chi connectivity index (χ2v) is 6.65. The number of nitrogens with zero attached hydrogens (tertiary/aromatic N) is 1. The number of ether oxygens (including phenoxy) is 1. The average molecular weight is 299 g/mol. The third-order valence-electron chi connectivity index (χ3n) is 3.75. The van der Waals surface area contributed by atoms with E-state index < -0.39 is 20.6 Å². The molecule has 1 aliphatic heterocycles. The number of nitro benzene ring substituents is 1. The highest BCUT2D eigenvalue weighted by atomic mass is 32.2. The summed E-state index contributed by atoms with van der Waals surface area (Å²) in [6.45, 7) is -0.0251. The SMILES string of the molecule is O=[N+]([O-])c1cccc(S(=O)(=O)OC[C@]23CCC[C@H]2O3)c1. The summed E-state index contributed by atoms with van der Waals surface area (Å²) in [5.41, 5.74) is -0.734. The van der Waals surface area contributed by atoms with E-state index in [0.717, 1.165) is 25.3 Å². The Hall–Kier alpha value is -1.51. The highest BCUT2D eigenvalue weighted by Crippen LogP contribution is 2.50. The molecule has 1 aromatic rings. The molecule has 1 aliphatic carbocycles. The summed E-state index contributed by atoms with van der Waals surface area (Å²) in [7, 11) is -4.00. The van der Waals surface area contributed by atoms with Crippen molar-refractivity contribution in [3.63, 3.8) is 0 Å². The van der Waals surface area contributed by atoms with Gasteiger partial charge in [0.15, 0.2) is 0 Å². The standard InChI is InChI=1S/C12H13NO6S/c14-13(15)9-3-1-4-10(7-9)20(16,17)18-8-12-6-2-5-11(12)19-12/h1,3-4,7,11H,2,5-6,8H2/t11-,12-/m1/s1. The largest absolute Gasteiger partial charge is 0.363 e. The van der Waals surface area contributed by atoms with Crippen LogP contribution in [0.3, 0.4) is 0 Å². The van der Waals surface area contributed by atoms with Crippen molar-refractivity contribution in [3.05, 3.63) is 34.4 Å². The van der Waals surface area contributed by atoms with Crippen molar-refractivity contribution in [2.75, 3.05) is 6.61 Å². The number of non-ortho nitro benzene ring substituents is 1. The monoisotopic (exact) mass is 299 g/mol. The van der Waals surface area contributed by atoms with Crippen molar-refractivity contribution in [2.45, 2.75) is 35.9 Å². The van der Waals surface area contributed by atoms with E-state index in [0.29, 0.717) is 0 Å². The molecule has 1 saturated heterocycles. The number of rotatable bonds is 5. The lowest BCUT2D eigenvalue weighted by Gasteiger charge is -2.09. The Labute approximate surface area is 115 Å². The lowest BCUT2D eigenvalue weighted by atomic mass is 10.1. The van der Waals surface area contributed by atoms with E-state index in [4.69, 9.17) is 8.92 Å². The summed E-state index contributed by atoms with van der Waals surface area (Å²) in [6.07, 6.45) is 2.83. The van der Waals surface area contributed by atoms with Gasteiger partial charge < -0.3 is 4.74 Å². The summed E-state index contributed by atoms with van der Waals surface area (Å²) >= 11 is 0. The molecule has 7 nitrogen and oxygen atoms in total. The minimum absolute atomic E-state index is 0.0251. The fourth-order valence-electron chi connectivity index (χ4n) is 2.57. The predicted molar refractivity (Wildman–Crippen MR) is 67.7 cm³/mol. The average Bonchev–Trinajstić information content (AvgIpc) is 2.98. The zero-order valence-corrected chi connectivity index (χ0v) is 11.3.